The summed E-state index contributed by atoms with van der Waals surface area (Å²) in [5.41, 5.74) is -0.477. The zero-order valence-corrected chi connectivity index (χ0v) is 11.6. The topological polar surface area (TPSA) is 55.4 Å². The van der Waals surface area contributed by atoms with Gasteiger partial charge in [-0.2, -0.15) is 0 Å². The molecule has 0 unspecified atom stereocenters. The average Bonchev–Trinajstić information content (AvgIpc) is 2.95. The summed E-state index contributed by atoms with van der Waals surface area (Å²) in [7, 11) is 1.43. The molecule has 2 rings (SSSR count). The highest BCUT2D eigenvalue weighted by molar-refractivity contribution is 5.81. The normalized spacial score (nSPS) is 25.0. The van der Waals surface area contributed by atoms with Crippen molar-refractivity contribution in [3.05, 3.63) is 12.2 Å². The van der Waals surface area contributed by atoms with Gasteiger partial charge in [0.15, 0.2) is 0 Å². The van der Waals surface area contributed by atoms with Crippen molar-refractivity contribution in [2.75, 3.05) is 13.7 Å². The van der Waals surface area contributed by atoms with Crippen LogP contribution in [-0.4, -0.2) is 25.5 Å². The minimum absolute atomic E-state index is 0.0705. The van der Waals surface area contributed by atoms with Gasteiger partial charge in [0.05, 0.1) is 12.5 Å². The summed E-state index contributed by atoms with van der Waals surface area (Å²) < 4.78 is 4.91. The molecule has 0 aliphatic heterocycles. The number of allylic oxidation sites excluding steroid dienone is 2. The number of esters is 1. The lowest BCUT2D eigenvalue weighted by Crippen LogP contribution is -2.43. The molecule has 106 valence electrons. The molecule has 1 N–H and O–H groups in total. The molecule has 0 aromatic rings. The standard InChI is InChI=1S/C15H23NO3/c1-19-14(18)15(9-5-6-10-15)11-16-13(17)12-7-3-2-4-8-12/h2-3,12H,4-11H2,1H3,(H,16,17)/t12-/m0/s1. The molecule has 0 bridgehead atoms. The van der Waals surface area contributed by atoms with Gasteiger partial charge in [-0.05, 0) is 32.1 Å². The van der Waals surface area contributed by atoms with Crippen LogP contribution in [0.5, 0.6) is 0 Å². The molecule has 1 saturated carbocycles. The maximum Gasteiger partial charge on any atom is 0.313 e. The highest BCUT2D eigenvalue weighted by Crippen LogP contribution is 2.38. The molecule has 4 nitrogen and oxygen atoms in total. The van der Waals surface area contributed by atoms with Crippen molar-refractivity contribution >= 4 is 11.9 Å². The quantitative estimate of drug-likeness (QED) is 0.626. The van der Waals surface area contributed by atoms with Gasteiger partial charge in [0, 0.05) is 12.5 Å². The summed E-state index contributed by atoms with van der Waals surface area (Å²) in [4.78, 5) is 24.1. The van der Waals surface area contributed by atoms with Crippen molar-refractivity contribution < 1.29 is 14.3 Å². The summed E-state index contributed by atoms with van der Waals surface area (Å²) in [6, 6.07) is 0. The number of hydrogen-bond acceptors (Lipinski definition) is 3. The molecule has 0 saturated heterocycles. The zero-order valence-electron chi connectivity index (χ0n) is 11.6. The molecule has 1 atom stereocenters. The molecule has 1 amide bonds. The summed E-state index contributed by atoms with van der Waals surface area (Å²) in [6.45, 7) is 0.429. The molecule has 0 radical (unpaired) electrons. The van der Waals surface area contributed by atoms with Gasteiger partial charge >= 0.3 is 5.97 Å². The maximum absolute atomic E-state index is 12.1. The number of methoxy groups -OCH3 is 1. The van der Waals surface area contributed by atoms with E-state index in [1.54, 1.807) is 0 Å². The van der Waals surface area contributed by atoms with Gasteiger partial charge in [-0.3, -0.25) is 9.59 Å². The smallest absolute Gasteiger partial charge is 0.313 e. The van der Waals surface area contributed by atoms with Crippen LogP contribution in [-0.2, 0) is 14.3 Å². The summed E-state index contributed by atoms with van der Waals surface area (Å²) in [5, 5.41) is 2.98. The number of nitrogens with one attached hydrogen (secondary N) is 1. The van der Waals surface area contributed by atoms with Crippen LogP contribution < -0.4 is 5.32 Å². The molecule has 0 aromatic heterocycles. The first kappa shape index (κ1) is 14.1. The predicted molar refractivity (Wildman–Crippen MR) is 72.4 cm³/mol. The summed E-state index contributed by atoms with van der Waals surface area (Å²) >= 11 is 0. The first-order valence-electron chi connectivity index (χ1n) is 7.19. The van der Waals surface area contributed by atoms with Gasteiger partial charge in [0.2, 0.25) is 5.91 Å². The molecule has 1 fully saturated rings. The number of ether oxygens (including phenoxy) is 1. The van der Waals surface area contributed by atoms with E-state index in [0.29, 0.717) is 6.54 Å². The van der Waals surface area contributed by atoms with E-state index >= 15 is 0 Å². The van der Waals surface area contributed by atoms with Crippen LogP contribution in [0.15, 0.2) is 12.2 Å². The average molecular weight is 265 g/mol. The molecule has 0 heterocycles. The number of carbonyl (C=O) groups excluding carboxylic acids is 2. The van der Waals surface area contributed by atoms with Crippen molar-refractivity contribution in [2.24, 2.45) is 11.3 Å². The SMILES string of the molecule is COC(=O)C1(CNC(=O)[C@H]2CC=CCC2)CCCC1. The lowest BCUT2D eigenvalue weighted by molar-refractivity contribution is -0.152. The van der Waals surface area contributed by atoms with Crippen molar-refractivity contribution in [1.82, 2.24) is 5.32 Å². The van der Waals surface area contributed by atoms with Gasteiger partial charge < -0.3 is 10.1 Å². The number of rotatable bonds is 4. The molecular weight excluding hydrogens is 242 g/mol. The summed E-state index contributed by atoms with van der Waals surface area (Å²) in [5.74, 6) is -0.0190. The van der Waals surface area contributed by atoms with E-state index in [-0.39, 0.29) is 17.8 Å². The Morgan fingerprint density at radius 3 is 2.63 bits per heavy atom. The second-order valence-corrected chi connectivity index (χ2v) is 5.68. The van der Waals surface area contributed by atoms with Crippen molar-refractivity contribution in [3.63, 3.8) is 0 Å². The third kappa shape index (κ3) is 3.17. The van der Waals surface area contributed by atoms with Gasteiger partial charge in [0.1, 0.15) is 0 Å². The molecule has 2 aliphatic rings. The largest absolute Gasteiger partial charge is 0.469 e. The Kier molecular flexibility index (Phi) is 4.61. The minimum atomic E-state index is -0.477. The first-order valence-corrected chi connectivity index (χ1v) is 7.19. The lowest BCUT2D eigenvalue weighted by Gasteiger charge is -2.27. The van der Waals surface area contributed by atoms with Crippen molar-refractivity contribution in [1.29, 1.82) is 0 Å². The number of amides is 1. The van der Waals surface area contributed by atoms with Crippen LogP contribution in [0.1, 0.15) is 44.9 Å². The van der Waals surface area contributed by atoms with Gasteiger partial charge in [-0.25, -0.2) is 0 Å². The third-order valence-corrected chi connectivity index (χ3v) is 4.42. The van der Waals surface area contributed by atoms with Crippen molar-refractivity contribution in [3.8, 4) is 0 Å². The van der Waals surface area contributed by atoms with E-state index in [2.05, 4.69) is 17.5 Å². The second-order valence-electron chi connectivity index (χ2n) is 5.68. The lowest BCUT2D eigenvalue weighted by atomic mass is 9.85. The fourth-order valence-electron chi connectivity index (χ4n) is 3.15. The molecule has 0 spiro atoms. The van der Waals surface area contributed by atoms with Crippen molar-refractivity contribution in [2.45, 2.75) is 44.9 Å². The highest BCUT2D eigenvalue weighted by Gasteiger charge is 2.42. The first-order chi connectivity index (χ1) is 9.18. The summed E-state index contributed by atoms with van der Waals surface area (Å²) in [6.07, 6.45) is 10.6. The van der Waals surface area contributed by atoms with Gasteiger partial charge in [0.25, 0.3) is 0 Å². The van der Waals surface area contributed by atoms with Crippen LogP contribution in [0.3, 0.4) is 0 Å². The van der Waals surface area contributed by atoms with E-state index < -0.39 is 5.41 Å². The highest BCUT2D eigenvalue weighted by atomic mass is 16.5. The molecule has 4 heteroatoms. The number of carbonyl (C=O) groups is 2. The maximum atomic E-state index is 12.1. The molecule has 0 aromatic carbocycles. The van der Waals surface area contributed by atoms with Crippen LogP contribution >= 0.6 is 0 Å². The molecule has 19 heavy (non-hydrogen) atoms. The molecular formula is C15H23NO3. The van der Waals surface area contributed by atoms with Crippen LogP contribution in [0.2, 0.25) is 0 Å². The Labute approximate surface area is 114 Å². The van der Waals surface area contributed by atoms with Gasteiger partial charge in [-0.1, -0.05) is 25.0 Å². The van der Waals surface area contributed by atoms with E-state index in [4.69, 9.17) is 4.74 Å². The van der Waals surface area contributed by atoms with Crippen LogP contribution in [0.25, 0.3) is 0 Å². The predicted octanol–water partition coefficient (Wildman–Crippen LogP) is 2.19. The van der Waals surface area contributed by atoms with Gasteiger partial charge in [-0.15, -0.1) is 0 Å². The minimum Gasteiger partial charge on any atom is -0.469 e. The van der Waals surface area contributed by atoms with E-state index in [0.717, 1.165) is 44.9 Å². The van der Waals surface area contributed by atoms with Crippen LogP contribution in [0, 0.1) is 11.3 Å². The second kappa shape index (κ2) is 6.22. The van der Waals surface area contributed by atoms with Crippen LogP contribution in [0.4, 0.5) is 0 Å². The third-order valence-electron chi connectivity index (χ3n) is 4.42. The Bertz CT molecular complexity index is 370. The monoisotopic (exact) mass is 265 g/mol. The fraction of sp³-hybridized carbons (Fsp3) is 0.733. The van der Waals surface area contributed by atoms with E-state index in [1.165, 1.54) is 7.11 Å². The van der Waals surface area contributed by atoms with E-state index in [1.807, 2.05) is 0 Å². The fourth-order valence-corrected chi connectivity index (χ4v) is 3.15. The Morgan fingerprint density at radius 2 is 2.05 bits per heavy atom. The zero-order chi connectivity index (χ0) is 13.7. The Morgan fingerprint density at radius 1 is 1.32 bits per heavy atom. The Balaban J connectivity index is 1.90. The molecule has 2 aliphatic carbocycles. The Hall–Kier alpha value is -1.32. The number of hydrogen-bond donors (Lipinski definition) is 1. The van der Waals surface area contributed by atoms with E-state index in [9.17, 15) is 9.59 Å².